The van der Waals surface area contributed by atoms with Gasteiger partial charge in [-0.3, -0.25) is 0 Å². The van der Waals surface area contributed by atoms with Gasteiger partial charge in [0.1, 0.15) is 12.3 Å². The van der Waals surface area contributed by atoms with E-state index in [2.05, 4.69) is 37.6 Å². The van der Waals surface area contributed by atoms with Crippen LogP contribution in [0.15, 0.2) is 24.7 Å². The van der Waals surface area contributed by atoms with Gasteiger partial charge in [-0.25, -0.2) is 24.0 Å². The molecule has 1 aliphatic carbocycles. The number of hydrogen-bond donors (Lipinski definition) is 3. The molecule has 0 radical (unpaired) electrons. The summed E-state index contributed by atoms with van der Waals surface area (Å²) in [5.74, 6) is 0.274. The Morgan fingerprint density at radius 1 is 1.24 bits per heavy atom. The summed E-state index contributed by atoms with van der Waals surface area (Å²) in [5.41, 5.74) is 9.68. The van der Waals surface area contributed by atoms with Gasteiger partial charge in [0.2, 0.25) is 11.8 Å². The van der Waals surface area contributed by atoms with E-state index in [1.165, 1.54) is 6.20 Å². The minimum atomic E-state index is -0.541. The van der Waals surface area contributed by atoms with Crippen molar-refractivity contribution in [2.75, 3.05) is 29.5 Å². The summed E-state index contributed by atoms with van der Waals surface area (Å²) in [6, 6.07) is 1.66. The van der Waals surface area contributed by atoms with E-state index in [1.807, 2.05) is 11.6 Å². The van der Waals surface area contributed by atoms with Crippen molar-refractivity contribution in [1.82, 2.24) is 24.7 Å². The topological polar surface area (TPSA) is 116 Å². The maximum atomic E-state index is 15.3. The SMILES string of the molecule is Cc1c(-c2cc3nc(Nc4cnn(C5(C)CC5)c4Cl)ncc3c(N)c2F)cnc2c1NCCO2. The highest BCUT2D eigenvalue weighted by Gasteiger charge is 2.42. The highest BCUT2D eigenvalue weighted by atomic mass is 35.5. The fourth-order valence-electron chi connectivity index (χ4n) is 4.23. The monoisotopic (exact) mass is 480 g/mol. The van der Waals surface area contributed by atoms with E-state index in [0.29, 0.717) is 57.9 Å². The second-order valence-corrected chi connectivity index (χ2v) is 9.27. The van der Waals surface area contributed by atoms with Gasteiger partial charge in [-0.1, -0.05) is 11.6 Å². The van der Waals surface area contributed by atoms with Crippen molar-refractivity contribution < 1.29 is 9.13 Å². The first-order valence-corrected chi connectivity index (χ1v) is 11.4. The molecule has 0 bridgehead atoms. The summed E-state index contributed by atoms with van der Waals surface area (Å²) >= 11 is 6.53. The van der Waals surface area contributed by atoms with Crippen molar-refractivity contribution in [3.05, 3.63) is 41.2 Å². The molecule has 0 unspecified atom stereocenters. The predicted octanol–water partition coefficient (Wildman–Crippen LogP) is 4.63. The Labute approximate surface area is 199 Å². The van der Waals surface area contributed by atoms with Crippen molar-refractivity contribution in [3.63, 3.8) is 0 Å². The van der Waals surface area contributed by atoms with E-state index in [9.17, 15) is 0 Å². The lowest BCUT2D eigenvalue weighted by molar-refractivity contribution is 0.310. The van der Waals surface area contributed by atoms with Gasteiger partial charge in [0.25, 0.3) is 0 Å². The largest absolute Gasteiger partial charge is 0.474 e. The minimum absolute atomic E-state index is 0.0205. The number of hydrogen-bond acceptors (Lipinski definition) is 8. The van der Waals surface area contributed by atoms with Gasteiger partial charge >= 0.3 is 0 Å². The standard InChI is InChI=1S/C23H22ClFN8O/c1-11-13(8-28-21-19(11)27-5-6-34-21)12-7-15-14(18(26)17(12)25)9-29-22(31-15)32-16-10-30-33(20(16)24)23(2)3-4-23/h7-10,27H,3-6,26H2,1-2H3,(H,29,31,32). The van der Waals surface area contributed by atoms with Gasteiger partial charge in [0, 0.05) is 35.5 Å². The Hall–Kier alpha value is -3.66. The van der Waals surface area contributed by atoms with Crippen molar-refractivity contribution in [1.29, 1.82) is 0 Å². The second-order valence-electron chi connectivity index (χ2n) is 8.91. The van der Waals surface area contributed by atoms with Gasteiger partial charge < -0.3 is 21.1 Å². The van der Waals surface area contributed by atoms with E-state index in [4.69, 9.17) is 22.1 Å². The molecule has 4 aromatic rings. The number of aromatic nitrogens is 5. The van der Waals surface area contributed by atoms with Crippen LogP contribution in [0.4, 0.5) is 27.4 Å². The number of pyridine rings is 1. The summed E-state index contributed by atoms with van der Waals surface area (Å²) in [6.07, 6.45) is 6.82. The Kier molecular flexibility index (Phi) is 4.57. The number of fused-ring (bicyclic) bond motifs is 2. The maximum Gasteiger partial charge on any atom is 0.237 e. The second kappa shape index (κ2) is 7.42. The number of nitrogens with one attached hydrogen (secondary N) is 2. The van der Waals surface area contributed by atoms with Gasteiger partial charge in [-0.2, -0.15) is 5.10 Å². The van der Waals surface area contributed by atoms with Crippen molar-refractivity contribution in [2.24, 2.45) is 0 Å². The van der Waals surface area contributed by atoms with Crippen molar-refractivity contribution in [3.8, 4) is 17.0 Å². The van der Waals surface area contributed by atoms with E-state index < -0.39 is 5.82 Å². The van der Waals surface area contributed by atoms with E-state index >= 15 is 4.39 Å². The molecule has 4 heterocycles. The summed E-state index contributed by atoms with van der Waals surface area (Å²) in [5, 5.41) is 11.7. The molecule has 34 heavy (non-hydrogen) atoms. The van der Waals surface area contributed by atoms with Crippen LogP contribution in [-0.2, 0) is 5.54 Å². The van der Waals surface area contributed by atoms with Crippen LogP contribution in [-0.4, -0.2) is 37.9 Å². The van der Waals surface area contributed by atoms with Crippen molar-refractivity contribution >= 4 is 45.5 Å². The zero-order valence-electron chi connectivity index (χ0n) is 18.6. The normalized spacial score (nSPS) is 16.0. The number of halogens is 2. The molecule has 1 saturated carbocycles. The predicted molar refractivity (Wildman–Crippen MR) is 129 cm³/mol. The lowest BCUT2D eigenvalue weighted by atomic mass is 9.98. The lowest BCUT2D eigenvalue weighted by Crippen LogP contribution is -2.20. The number of nitrogens with zero attached hydrogens (tertiary/aromatic N) is 5. The van der Waals surface area contributed by atoms with Gasteiger partial charge in [0.05, 0.1) is 28.6 Å². The number of nitrogen functional groups attached to an aromatic ring is 1. The van der Waals surface area contributed by atoms with Crippen LogP contribution in [0.3, 0.4) is 0 Å². The van der Waals surface area contributed by atoms with E-state index in [-0.39, 0.29) is 11.2 Å². The van der Waals surface area contributed by atoms with Crippen LogP contribution in [0.5, 0.6) is 5.88 Å². The first-order valence-electron chi connectivity index (χ1n) is 11.0. The Morgan fingerprint density at radius 3 is 2.85 bits per heavy atom. The fraction of sp³-hybridized carbons (Fsp3) is 0.304. The average molecular weight is 481 g/mol. The molecule has 0 atom stereocenters. The molecule has 1 aromatic carbocycles. The highest BCUT2D eigenvalue weighted by molar-refractivity contribution is 6.32. The first-order chi connectivity index (χ1) is 16.4. The highest BCUT2D eigenvalue weighted by Crippen LogP contribution is 2.45. The summed E-state index contributed by atoms with van der Waals surface area (Å²) in [7, 11) is 0. The molecule has 0 spiro atoms. The molecular formula is C23H22ClFN8O. The molecule has 0 amide bonds. The molecule has 1 fully saturated rings. The van der Waals surface area contributed by atoms with Crippen LogP contribution in [0, 0.1) is 12.7 Å². The number of rotatable bonds is 4. The first kappa shape index (κ1) is 20.9. The van der Waals surface area contributed by atoms with E-state index in [0.717, 1.165) is 24.1 Å². The smallest absolute Gasteiger partial charge is 0.237 e. The van der Waals surface area contributed by atoms with Gasteiger partial charge in [-0.05, 0) is 38.3 Å². The van der Waals surface area contributed by atoms with Crippen LogP contribution in [0.25, 0.3) is 22.0 Å². The van der Waals surface area contributed by atoms with Crippen LogP contribution >= 0.6 is 11.6 Å². The third-order valence-electron chi connectivity index (χ3n) is 6.54. The number of ether oxygens (including phenoxy) is 1. The molecular weight excluding hydrogens is 459 g/mol. The zero-order chi connectivity index (χ0) is 23.6. The lowest BCUT2D eigenvalue weighted by Gasteiger charge is -2.22. The number of anilines is 4. The molecule has 11 heteroatoms. The minimum Gasteiger partial charge on any atom is -0.474 e. The molecule has 6 rings (SSSR count). The maximum absolute atomic E-state index is 15.3. The van der Waals surface area contributed by atoms with Crippen LogP contribution in [0.2, 0.25) is 5.15 Å². The number of benzene rings is 1. The number of nitrogens with two attached hydrogens (primary N) is 1. The Morgan fingerprint density at radius 2 is 2.06 bits per heavy atom. The van der Waals surface area contributed by atoms with Crippen LogP contribution in [0.1, 0.15) is 25.3 Å². The third-order valence-corrected chi connectivity index (χ3v) is 6.90. The van der Waals surface area contributed by atoms with Crippen molar-refractivity contribution in [2.45, 2.75) is 32.2 Å². The molecule has 174 valence electrons. The molecule has 2 aliphatic rings. The summed E-state index contributed by atoms with van der Waals surface area (Å²) < 4.78 is 22.7. The summed E-state index contributed by atoms with van der Waals surface area (Å²) in [4.78, 5) is 13.2. The third kappa shape index (κ3) is 3.20. The molecule has 9 nitrogen and oxygen atoms in total. The average Bonchev–Trinajstić information content (AvgIpc) is 3.48. The van der Waals surface area contributed by atoms with Crippen LogP contribution < -0.4 is 21.1 Å². The molecule has 1 aliphatic heterocycles. The zero-order valence-corrected chi connectivity index (χ0v) is 19.4. The summed E-state index contributed by atoms with van der Waals surface area (Å²) in [6.45, 7) is 5.19. The van der Waals surface area contributed by atoms with E-state index in [1.54, 1.807) is 18.5 Å². The fourth-order valence-corrected chi connectivity index (χ4v) is 4.58. The molecule has 3 aromatic heterocycles. The van der Waals surface area contributed by atoms with Gasteiger partial charge in [0.15, 0.2) is 11.0 Å². The quantitative estimate of drug-likeness (QED) is 0.362. The Bertz CT molecular complexity index is 1470. The van der Waals surface area contributed by atoms with Gasteiger partial charge in [-0.15, -0.1) is 0 Å². The Balaban J connectivity index is 1.41. The molecule has 4 N–H and O–H groups in total. The molecule has 0 saturated heterocycles.